The maximum atomic E-state index is 13.5. The smallest absolute Gasteiger partial charge is 0.162 e. The molecule has 0 spiro atoms. The fourth-order valence-electron chi connectivity index (χ4n) is 5.89. The third-order valence-electron chi connectivity index (χ3n) is 7.20. The Labute approximate surface area is 188 Å². The zero-order chi connectivity index (χ0) is 22.0. The molecule has 0 amide bonds. The molecule has 6 rings (SSSR count). The first kappa shape index (κ1) is 19.4. The summed E-state index contributed by atoms with van der Waals surface area (Å²) in [5.74, 6) is 0.248. The largest absolute Gasteiger partial charge is 0.358 e. The number of anilines is 1. The van der Waals surface area contributed by atoms with Gasteiger partial charge in [-0.1, -0.05) is 62.4 Å². The highest BCUT2D eigenvalue weighted by atomic mass is 16.1. The first-order chi connectivity index (χ1) is 15.5. The molecular weight excluding hydrogens is 392 g/mol. The molecule has 3 heteroatoms. The van der Waals surface area contributed by atoms with Crippen LogP contribution in [0.1, 0.15) is 50.7 Å². The van der Waals surface area contributed by atoms with E-state index in [2.05, 4.69) is 91.3 Å². The number of nitrogens with zero attached hydrogens (tertiary/aromatic N) is 1. The molecule has 1 atom stereocenters. The van der Waals surface area contributed by atoms with Gasteiger partial charge >= 0.3 is 0 Å². The third kappa shape index (κ3) is 2.77. The first-order valence-electron chi connectivity index (χ1n) is 11.6. The normalized spacial score (nSPS) is 19.7. The Morgan fingerprint density at radius 1 is 0.938 bits per heavy atom. The highest BCUT2D eigenvalue weighted by Gasteiger charge is 2.40. The number of Topliss-reactive ketones (excluding diaryl/α,β-unsaturated/α-hetero) is 1. The molecule has 160 valence electrons. The van der Waals surface area contributed by atoms with Crippen LogP contribution in [0.15, 0.2) is 78.0 Å². The number of aromatic nitrogens is 1. The van der Waals surface area contributed by atoms with Gasteiger partial charge in [-0.05, 0) is 48.1 Å². The van der Waals surface area contributed by atoms with E-state index >= 15 is 0 Å². The van der Waals surface area contributed by atoms with Crippen LogP contribution in [-0.2, 0) is 11.3 Å². The Morgan fingerprint density at radius 2 is 1.69 bits per heavy atom. The fourth-order valence-corrected chi connectivity index (χ4v) is 5.89. The Hall–Kier alpha value is -3.33. The van der Waals surface area contributed by atoms with Gasteiger partial charge in [0.15, 0.2) is 5.78 Å². The van der Waals surface area contributed by atoms with Crippen LogP contribution in [0.25, 0.3) is 21.8 Å². The molecule has 32 heavy (non-hydrogen) atoms. The molecule has 1 aromatic heterocycles. The van der Waals surface area contributed by atoms with Gasteiger partial charge in [-0.2, -0.15) is 0 Å². The van der Waals surface area contributed by atoms with Crippen molar-refractivity contribution >= 4 is 33.3 Å². The Kier molecular flexibility index (Phi) is 4.13. The van der Waals surface area contributed by atoms with Crippen molar-refractivity contribution in [2.24, 2.45) is 5.41 Å². The summed E-state index contributed by atoms with van der Waals surface area (Å²) < 4.78 is 2.39. The Bertz CT molecular complexity index is 1420. The van der Waals surface area contributed by atoms with Gasteiger partial charge in [0.25, 0.3) is 0 Å². The Balaban J connectivity index is 1.66. The van der Waals surface area contributed by atoms with Gasteiger partial charge in [-0.15, -0.1) is 0 Å². The van der Waals surface area contributed by atoms with E-state index in [0.717, 1.165) is 29.9 Å². The summed E-state index contributed by atoms with van der Waals surface area (Å²) in [6, 6.07) is 23.8. The van der Waals surface area contributed by atoms with Crippen molar-refractivity contribution in [3.63, 3.8) is 0 Å². The zero-order valence-corrected chi connectivity index (χ0v) is 18.9. The quantitative estimate of drug-likeness (QED) is 0.378. The monoisotopic (exact) mass is 420 g/mol. The van der Waals surface area contributed by atoms with Crippen LogP contribution >= 0.6 is 0 Å². The van der Waals surface area contributed by atoms with E-state index < -0.39 is 0 Å². The number of aryl methyl sites for hydroxylation is 1. The minimum Gasteiger partial charge on any atom is -0.358 e. The number of carbonyl (C=O) groups is 1. The molecule has 1 N–H and O–H groups in total. The lowest BCUT2D eigenvalue weighted by molar-refractivity contribution is -0.118. The van der Waals surface area contributed by atoms with Crippen LogP contribution < -0.4 is 5.32 Å². The third-order valence-corrected chi connectivity index (χ3v) is 7.20. The highest BCUT2D eigenvalue weighted by Crippen LogP contribution is 2.50. The van der Waals surface area contributed by atoms with Gasteiger partial charge in [-0.3, -0.25) is 4.79 Å². The fraction of sp³-hybridized carbons (Fsp3) is 0.276. The van der Waals surface area contributed by atoms with Gasteiger partial charge in [0, 0.05) is 57.6 Å². The molecule has 1 aliphatic carbocycles. The molecule has 3 nitrogen and oxygen atoms in total. The van der Waals surface area contributed by atoms with Crippen LogP contribution in [0, 0.1) is 5.41 Å². The van der Waals surface area contributed by atoms with Gasteiger partial charge in [0.05, 0.1) is 0 Å². The lowest BCUT2D eigenvalue weighted by atomic mass is 9.68. The molecular formula is C29H28N2O. The average Bonchev–Trinajstić information content (AvgIpc) is 3.08. The predicted molar refractivity (Wildman–Crippen MR) is 132 cm³/mol. The van der Waals surface area contributed by atoms with Crippen molar-refractivity contribution in [2.45, 2.75) is 46.1 Å². The van der Waals surface area contributed by atoms with Gasteiger partial charge < -0.3 is 9.88 Å². The second kappa shape index (κ2) is 6.83. The summed E-state index contributed by atoms with van der Waals surface area (Å²) >= 11 is 0. The number of para-hydroxylation sites is 1. The molecule has 3 aromatic carbocycles. The molecule has 2 heterocycles. The Morgan fingerprint density at radius 3 is 2.47 bits per heavy atom. The van der Waals surface area contributed by atoms with E-state index in [1.165, 1.54) is 32.9 Å². The SMILES string of the molecule is CCn1c2ccccc2c2cc3c(cc21)C(c1ccccc1)C1=C(CC(C)(C)CC1=O)N3. The van der Waals surface area contributed by atoms with Crippen molar-refractivity contribution in [1.29, 1.82) is 0 Å². The van der Waals surface area contributed by atoms with Crippen molar-refractivity contribution in [1.82, 2.24) is 4.57 Å². The lowest BCUT2D eigenvalue weighted by Gasteiger charge is -2.39. The summed E-state index contributed by atoms with van der Waals surface area (Å²) in [5.41, 5.74) is 8.07. The number of nitrogens with one attached hydrogen (secondary N) is 1. The van der Waals surface area contributed by atoms with E-state index in [0.29, 0.717) is 6.42 Å². The van der Waals surface area contributed by atoms with Gasteiger partial charge in [0.1, 0.15) is 0 Å². The van der Waals surface area contributed by atoms with Crippen LogP contribution in [-0.4, -0.2) is 10.4 Å². The van der Waals surface area contributed by atoms with E-state index in [-0.39, 0.29) is 17.1 Å². The van der Waals surface area contributed by atoms with E-state index in [9.17, 15) is 4.79 Å². The summed E-state index contributed by atoms with van der Waals surface area (Å²) in [6.07, 6.45) is 1.50. The molecule has 1 aliphatic heterocycles. The second-order valence-electron chi connectivity index (χ2n) is 10.0. The second-order valence-corrected chi connectivity index (χ2v) is 10.0. The summed E-state index contributed by atoms with van der Waals surface area (Å²) in [7, 11) is 0. The average molecular weight is 421 g/mol. The molecule has 4 aromatic rings. The number of fused-ring (bicyclic) bond motifs is 4. The van der Waals surface area contributed by atoms with Crippen molar-refractivity contribution in [3.05, 3.63) is 89.1 Å². The van der Waals surface area contributed by atoms with Crippen LogP contribution in [0.4, 0.5) is 5.69 Å². The van der Waals surface area contributed by atoms with Crippen molar-refractivity contribution in [2.75, 3.05) is 5.32 Å². The van der Waals surface area contributed by atoms with E-state index in [1.54, 1.807) is 0 Å². The number of rotatable bonds is 2. The zero-order valence-electron chi connectivity index (χ0n) is 18.9. The number of ketones is 1. The van der Waals surface area contributed by atoms with Gasteiger partial charge in [0.2, 0.25) is 0 Å². The molecule has 1 unspecified atom stereocenters. The van der Waals surface area contributed by atoms with Crippen LogP contribution in [0.5, 0.6) is 0 Å². The highest BCUT2D eigenvalue weighted by molar-refractivity contribution is 6.10. The lowest BCUT2D eigenvalue weighted by Crippen LogP contribution is -2.33. The van der Waals surface area contributed by atoms with E-state index in [1.807, 2.05) is 6.07 Å². The maximum Gasteiger partial charge on any atom is 0.162 e. The van der Waals surface area contributed by atoms with Gasteiger partial charge in [-0.25, -0.2) is 0 Å². The summed E-state index contributed by atoms with van der Waals surface area (Å²) in [4.78, 5) is 13.5. The number of hydrogen-bond acceptors (Lipinski definition) is 2. The summed E-state index contributed by atoms with van der Waals surface area (Å²) in [6.45, 7) is 7.50. The van der Waals surface area contributed by atoms with E-state index in [4.69, 9.17) is 0 Å². The van der Waals surface area contributed by atoms with Crippen molar-refractivity contribution in [3.8, 4) is 0 Å². The maximum absolute atomic E-state index is 13.5. The minimum atomic E-state index is -0.0289. The molecule has 0 radical (unpaired) electrons. The van der Waals surface area contributed by atoms with Crippen LogP contribution in [0.2, 0.25) is 0 Å². The summed E-state index contributed by atoms with van der Waals surface area (Å²) in [5, 5.41) is 6.27. The standard InChI is InChI=1S/C29H28N2O/c1-4-31-24-13-9-8-12-19(24)20-14-22-21(15-25(20)31)27(18-10-6-5-7-11-18)28-23(30-22)16-29(2,3)17-26(28)32/h5-15,27,30H,4,16-17H2,1-3H3. The molecule has 0 saturated carbocycles. The van der Waals surface area contributed by atoms with Crippen molar-refractivity contribution < 1.29 is 4.79 Å². The molecule has 0 saturated heterocycles. The number of allylic oxidation sites excluding steroid dienone is 2. The number of carbonyl (C=O) groups excluding carboxylic acids is 1. The predicted octanol–water partition coefficient (Wildman–Crippen LogP) is 7.02. The molecule has 0 bridgehead atoms. The number of hydrogen-bond donors (Lipinski definition) is 1. The molecule has 0 fully saturated rings. The van der Waals surface area contributed by atoms with Crippen LogP contribution in [0.3, 0.4) is 0 Å². The molecule has 2 aliphatic rings. The first-order valence-corrected chi connectivity index (χ1v) is 11.6. The number of benzene rings is 3. The topological polar surface area (TPSA) is 34.0 Å². The minimum absolute atomic E-state index is 0.0238.